The minimum atomic E-state index is -0.358. The molecule has 1 heterocycles. The summed E-state index contributed by atoms with van der Waals surface area (Å²) in [7, 11) is 1.33. The van der Waals surface area contributed by atoms with E-state index in [1.165, 1.54) is 18.9 Å². The molecule has 5 nitrogen and oxygen atoms in total. The Labute approximate surface area is 139 Å². The predicted molar refractivity (Wildman–Crippen MR) is 88.4 cm³/mol. The summed E-state index contributed by atoms with van der Waals surface area (Å²) in [6.07, 6.45) is 1.78. The summed E-state index contributed by atoms with van der Waals surface area (Å²) in [5, 5.41) is 3.42. The molecule has 0 radical (unpaired) electrons. The second-order valence-electron chi connectivity index (χ2n) is 4.93. The van der Waals surface area contributed by atoms with Gasteiger partial charge in [-0.15, -0.1) is 0 Å². The van der Waals surface area contributed by atoms with Crippen molar-refractivity contribution in [3.8, 4) is 0 Å². The predicted octanol–water partition coefficient (Wildman–Crippen LogP) is 2.91. The molecule has 2 aromatic rings. The molecule has 23 heavy (non-hydrogen) atoms. The van der Waals surface area contributed by atoms with Crippen molar-refractivity contribution < 1.29 is 14.3 Å². The Morgan fingerprint density at radius 1 is 1.22 bits per heavy atom. The van der Waals surface area contributed by atoms with Crippen LogP contribution >= 0.6 is 11.8 Å². The maximum Gasteiger partial charge on any atom is 0.307 e. The number of pyridine rings is 1. The number of carbonyl (C=O) groups excluding carboxylic acids is 2. The van der Waals surface area contributed by atoms with Gasteiger partial charge in [0.25, 0.3) is 5.91 Å². The van der Waals surface area contributed by atoms with Gasteiger partial charge in [-0.25, -0.2) is 4.98 Å². The van der Waals surface area contributed by atoms with Crippen LogP contribution in [0.25, 0.3) is 0 Å². The minimum Gasteiger partial charge on any atom is -0.469 e. The third-order valence-electron chi connectivity index (χ3n) is 3.05. The Balaban J connectivity index is 2.10. The molecule has 0 aliphatic rings. The summed E-state index contributed by atoms with van der Waals surface area (Å²) >= 11 is 1.42. The van der Waals surface area contributed by atoms with Gasteiger partial charge in [0, 0.05) is 17.1 Å². The molecule has 0 fully saturated rings. The number of aromatic nitrogens is 1. The average Bonchev–Trinajstić information content (AvgIpc) is 2.56. The highest BCUT2D eigenvalue weighted by atomic mass is 32.2. The van der Waals surface area contributed by atoms with E-state index in [0.717, 1.165) is 4.90 Å². The fourth-order valence-corrected chi connectivity index (χ4v) is 2.83. The third-order valence-corrected chi connectivity index (χ3v) is 4.08. The number of rotatable bonds is 6. The van der Waals surface area contributed by atoms with Crippen LogP contribution in [0.4, 0.5) is 0 Å². The number of benzene rings is 1. The molecule has 0 aliphatic heterocycles. The van der Waals surface area contributed by atoms with Gasteiger partial charge in [0.05, 0.1) is 19.1 Å². The van der Waals surface area contributed by atoms with Gasteiger partial charge in [-0.1, -0.05) is 30.0 Å². The molecule has 2 rings (SSSR count). The van der Waals surface area contributed by atoms with Crippen LogP contribution in [0.3, 0.4) is 0 Å². The van der Waals surface area contributed by atoms with E-state index in [9.17, 15) is 9.59 Å². The Morgan fingerprint density at radius 2 is 1.96 bits per heavy atom. The lowest BCUT2D eigenvalue weighted by molar-refractivity contribution is -0.141. The number of nitrogens with zero attached hydrogens (tertiary/aromatic N) is 1. The number of nitrogens with one attached hydrogen (secondary N) is 1. The smallest absolute Gasteiger partial charge is 0.307 e. The largest absolute Gasteiger partial charge is 0.469 e. The van der Waals surface area contributed by atoms with Gasteiger partial charge in [0.2, 0.25) is 0 Å². The normalized spacial score (nSPS) is 11.6. The minimum absolute atomic E-state index is 0.129. The van der Waals surface area contributed by atoms with Crippen molar-refractivity contribution in [3.05, 3.63) is 54.2 Å². The average molecular weight is 330 g/mol. The van der Waals surface area contributed by atoms with Crippen LogP contribution in [0.1, 0.15) is 23.7 Å². The molecule has 1 aromatic heterocycles. The first kappa shape index (κ1) is 17.0. The molecule has 0 aliphatic carbocycles. The maximum absolute atomic E-state index is 12.4. The van der Waals surface area contributed by atoms with Crippen LogP contribution in [0.15, 0.2) is 58.6 Å². The van der Waals surface area contributed by atoms with Gasteiger partial charge in [-0.2, -0.15) is 0 Å². The summed E-state index contributed by atoms with van der Waals surface area (Å²) in [5.74, 6) is -0.615. The highest BCUT2D eigenvalue weighted by Gasteiger charge is 2.17. The topological polar surface area (TPSA) is 68.3 Å². The van der Waals surface area contributed by atoms with Crippen LogP contribution in [-0.4, -0.2) is 30.0 Å². The second kappa shape index (κ2) is 8.33. The fraction of sp³-hybridized carbons (Fsp3) is 0.235. The molecule has 0 spiro atoms. The molecular formula is C17H18N2O3S. The summed E-state index contributed by atoms with van der Waals surface area (Å²) in [5.41, 5.74) is 0.484. The second-order valence-corrected chi connectivity index (χ2v) is 5.99. The van der Waals surface area contributed by atoms with Crippen molar-refractivity contribution in [2.24, 2.45) is 0 Å². The molecule has 0 bridgehead atoms. The molecule has 0 saturated heterocycles. The highest BCUT2D eigenvalue weighted by molar-refractivity contribution is 7.99. The summed E-state index contributed by atoms with van der Waals surface area (Å²) in [6, 6.07) is 12.8. The fourth-order valence-electron chi connectivity index (χ4n) is 1.93. The van der Waals surface area contributed by atoms with Crippen molar-refractivity contribution in [1.29, 1.82) is 0 Å². The van der Waals surface area contributed by atoms with E-state index in [1.54, 1.807) is 25.3 Å². The van der Waals surface area contributed by atoms with Gasteiger partial charge in [0.15, 0.2) is 0 Å². The summed E-state index contributed by atoms with van der Waals surface area (Å²) < 4.78 is 4.60. The first-order valence-electron chi connectivity index (χ1n) is 7.15. The molecule has 1 amide bonds. The van der Waals surface area contributed by atoms with E-state index in [1.807, 2.05) is 30.3 Å². The van der Waals surface area contributed by atoms with Crippen molar-refractivity contribution in [2.45, 2.75) is 29.3 Å². The monoisotopic (exact) mass is 330 g/mol. The lowest BCUT2D eigenvalue weighted by atomic mass is 10.2. The van der Waals surface area contributed by atoms with Gasteiger partial charge in [-0.05, 0) is 31.2 Å². The van der Waals surface area contributed by atoms with Crippen LogP contribution in [-0.2, 0) is 9.53 Å². The standard InChI is InChI=1S/C17H18N2O3S/c1-12(11-15(20)22-2)19-16(21)14-9-6-10-18-17(14)23-13-7-4-3-5-8-13/h3-10,12H,11H2,1-2H3,(H,19,21). The number of amides is 1. The number of ether oxygens (including phenoxy) is 1. The van der Waals surface area contributed by atoms with Gasteiger partial charge >= 0.3 is 5.97 Å². The summed E-state index contributed by atoms with van der Waals surface area (Å²) in [4.78, 5) is 29.0. The number of esters is 1. The first-order chi connectivity index (χ1) is 11.1. The number of hydrogen-bond donors (Lipinski definition) is 1. The first-order valence-corrected chi connectivity index (χ1v) is 7.97. The molecule has 120 valence electrons. The van der Waals surface area contributed by atoms with Crippen LogP contribution < -0.4 is 5.32 Å². The molecule has 1 N–H and O–H groups in total. The molecule has 1 atom stereocenters. The Bertz CT molecular complexity index is 677. The molecular weight excluding hydrogens is 312 g/mol. The van der Waals surface area contributed by atoms with Crippen molar-refractivity contribution in [1.82, 2.24) is 10.3 Å². The Kier molecular flexibility index (Phi) is 6.17. The van der Waals surface area contributed by atoms with Gasteiger partial charge in [-0.3, -0.25) is 9.59 Å². The third kappa shape index (κ3) is 5.10. The zero-order valence-electron chi connectivity index (χ0n) is 13.0. The Morgan fingerprint density at radius 3 is 2.65 bits per heavy atom. The van der Waals surface area contributed by atoms with Crippen molar-refractivity contribution in [3.63, 3.8) is 0 Å². The van der Waals surface area contributed by atoms with Crippen molar-refractivity contribution in [2.75, 3.05) is 7.11 Å². The van der Waals surface area contributed by atoms with Crippen LogP contribution in [0.2, 0.25) is 0 Å². The molecule has 1 aromatic carbocycles. The van der Waals surface area contributed by atoms with Gasteiger partial charge < -0.3 is 10.1 Å². The van der Waals surface area contributed by atoms with E-state index in [-0.39, 0.29) is 24.3 Å². The van der Waals surface area contributed by atoms with E-state index in [4.69, 9.17) is 0 Å². The van der Waals surface area contributed by atoms with Crippen LogP contribution in [0.5, 0.6) is 0 Å². The van der Waals surface area contributed by atoms with E-state index < -0.39 is 0 Å². The lowest BCUT2D eigenvalue weighted by Crippen LogP contribution is -2.34. The van der Waals surface area contributed by atoms with E-state index in [0.29, 0.717) is 10.6 Å². The number of methoxy groups -OCH3 is 1. The van der Waals surface area contributed by atoms with E-state index >= 15 is 0 Å². The maximum atomic E-state index is 12.4. The zero-order valence-corrected chi connectivity index (χ0v) is 13.8. The molecule has 0 saturated carbocycles. The number of carbonyl (C=O) groups is 2. The SMILES string of the molecule is COC(=O)CC(C)NC(=O)c1cccnc1Sc1ccccc1. The van der Waals surface area contributed by atoms with E-state index in [2.05, 4.69) is 15.0 Å². The quantitative estimate of drug-likeness (QED) is 0.825. The molecule has 6 heteroatoms. The Hall–Kier alpha value is -2.34. The highest BCUT2D eigenvalue weighted by Crippen LogP contribution is 2.28. The van der Waals surface area contributed by atoms with Gasteiger partial charge in [0.1, 0.15) is 5.03 Å². The molecule has 1 unspecified atom stereocenters. The zero-order chi connectivity index (χ0) is 16.7. The summed E-state index contributed by atoms with van der Waals surface area (Å²) in [6.45, 7) is 1.76. The van der Waals surface area contributed by atoms with Crippen molar-refractivity contribution >= 4 is 23.6 Å². The van der Waals surface area contributed by atoms with Crippen LogP contribution in [0, 0.1) is 0 Å². The number of hydrogen-bond acceptors (Lipinski definition) is 5. The lowest BCUT2D eigenvalue weighted by Gasteiger charge is -2.14.